The summed E-state index contributed by atoms with van der Waals surface area (Å²) >= 11 is 1.16. The standard InChI is InChI=1S/C13H16N4O2S/c1-17(7-8-3-5-9(19-2)6-4-8)13-10(12(15)18)11(14)16-20-13/h3-6H,7H2,1-2H3,(H2,14,16)(H2,15,18). The van der Waals surface area contributed by atoms with Gasteiger partial charge in [0.05, 0.1) is 7.11 Å². The quantitative estimate of drug-likeness (QED) is 0.870. The Morgan fingerprint density at radius 2 is 2.05 bits per heavy atom. The van der Waals surface area contributed by atoms with Crippen LogP contribution in [0.25, 0.3) is 0 Å². The molecule has 0 atom stereocenters. The number of carbonyl (C=O) groups is 1. The molecule has 0 fully saturated rings. The third-order valence-corrected chi connectivity index (χ3v) is 3.85. The lowest BCUT2D eigenvalue weighted by molar-refractivity contribution is 0.100. The molecule has 0 bridgehead atoms. The van der Waals surface area contributed by atoms with Crippen molar-refractivity contribution < 1.29 is 9.53 Å². The number of amides is 1. The van der Waals surface area contributed by atoms with Gasteiger partial charge in [0.2, 0.25) is 0 Å². The number of aromatic nitrogens is 1. The smallest absolute Gasteiger partial charge is 0.255 e. The molecule has 6 nitrogen and oxygen atoms in total. The summed E-state index contributed by atoms with van der Waals surface area (Å²) in [5, 5.41) is 0.672. The van der Waals surface area contributed by atoms with E-state index in [1.807, 2.05) is 36.2 Å². The molecular weight excluding hydrogens is 276 g/mol. The molecule has 0 saturated heterocycles. The largest absolute Gasteiger partial charge is 0.497 e. The van der Waals surface area contributed by atoms with E-state index in [1.54, 1.807) is 7.11 Å². The third-order valence-electron chi connectivity index (χ3n) is 2.87. The minimum atomic E-state index is -0.562. The minimum absolute atomic E-state index is 0.180. The van der Waals surface area contributed by atoms with E-state index < -0.39 is 5.91 Å². The van der Waals surface area contributed by atoms with Crippen LogP contribution in [0.4, 0.5) is 10.8 Å². The highest BCUT2D eigenvalue weighted by molar-refractivity contribution is 7.11. The fourth-order valence-corrected chi connectivity index (χ4v) is 2.64. The second-order valence-corrected chi connectivity index (χ2v) is 5.07. The number of hydrogen-bond donors (Lipinski definition) is 2. The summed E-state index contributed by atoms with van der Waals surface area (Å²) in [7, 11) is 3.49. The molecule has 1 amide bonds. The summed E-state index contributed by atoms with van der Waals surface area (Å²) < 4.78 is 9.10. The predicted molar refractivity (Wildman–Crippen MR) is 80.1 cm³/mol. The van der Waals surface area contributed by atoms with Crippen LogP contribution in [0, 0.1) is 0 Å². The fourth-order valence-electron chi connectivity index (χ4n) is 1.86. The van der Waals surface area contributed by atoms with Crippen molar-refractivity contribution in [1.29, 1.82) is 0 Å². The van der Waals surface area contributed by atoms with Crippen LogP contribution in [0.2, 0.25) is 0 Å². The summed E-state index contributed by atoms with van der Waals surface area (Å²) in [6.07, 6.45) is 0. The topological polar surface area (TPSA) is 94.5 Å². The van der Waals surface area contributed by atoms with Crippen molar-refractivity contribution in [1.82, 2.24) is 4.37 Å². The predicted octanol–water partition coefficient (Wildman–Crippen LogP) is 1.47. The Morgan fingerprint density at radius 3 is 2.60 bits per heavy atom. The lowest BCUT2D eigenvalue weighted by Gasteiger charge is -2.18. The SMILES string of the molecule is COc1ccc(CN(C)c2snc(N)c2C(N)=O)cc1. The van der Waals surface area contributed by atoms with Gasteiger partial charge in [-0.3, -0.25) is 4.79 Å². The van der Waals surface area contributed by atoms with Gasteiger partial charge in [0.25, 0.3) is 5.91 Å². The fraction of sp³-hybridized carbons (Fsp3) is 0.231. The van der Waals surface area contributed by atoms with Crippen LogP contribution in [0.15, 0.2) is 24.3 Å². The molecule has 0 aliphatic heterocycles. The number of methoxy groups -OCH3 is 1. The van der Waals surface area contributed by atoms with Crippen LogP contribution < -0.4 is 21.1 Å². The number of nitrogen functional groups attached to an aromatic ring is 1. The molecule has 0 spiro atoms. The van der Waals surface area contributed by atoms with Gasteiger partial charge in [0, 0.05) is 13.6 Å². The molecule has 0 saturated carbocycles. The Hall–Kier alpha value is -2.28. The highest BCUT2D eigenvalue weighted by Crippen LogP contribution is 2.30. The van der Waals surface area contributed by atoms with Crippen molar-refractivity contribution in [2.45, 2.75) is 6.54 Å². The van der Waals surface area contributed by atoms with E-state index in [0.29, 0.717) is 11.5 Å². The summed E-state index contributed by atoms with van der Waals surface area (Å²) in [5.74, 6) is 0.420. The number of anilines is 2. The summed E-state index contributed by atoms with van der Waals surface area (Å²) in [6.45, 7) is 0.617. The lowest BCUT2D eigenvalue weighted by atomic mass is 10.2. The Labute approximate surface area is 121 Å². The molecule has 1 aromatic heterocycles. The molecule has 2 rings (SSSR count). The van der Waals surface area contributed by atoms with Crippen LogP contribution in [-0.4, -0.2) is 24.4 Å². The van der Waals surface area contributed by atoms with Gasteiger partial charge < -0.3 is 21.1 Å². The molecule has 7 heteroatoms. The average Bonchev–Trinajstić information content (AvgIpc) is 2.81. The van der Waals surface area contributed by atoms with Crippen LogP contribution in [0.3, 0.4) is 0 Å². The average molecular weight is 292 g/mol. The maximum Gasteiger partial charge on any atom is 0.255 e. The Balaban J connectivity index is 2.19. The van der Waals surface area contributed by atoms with E-state index in [1.165, 1.54) is 0 Å². The first-order chi connectivity index (χ1) is 9.52. The van der Waals surface area contributed by atoms with Gasteiger partial charge >= 0.3 is 0 Å². The lowest BCUT2D eigenvalue weighted by Crippen LogP contribution is -2.21. The highest BCUT2D eigenvalue weighted by Gasteiger charge is 2.19. The molecule has 0 aliphatic carbocycles. The molecule has 2 aromatic rings. The van der Waals surface area contributed by atoms with E-state index in [9.17, 15) is 4.79 Å². The van der Waals surface area contributed by atoms with E-state index >= 15 is 0 Å². The zero-order valence-corrected chi connectivity index (χ0v) is 12.1. The first-order valence-corrected chi connectivity index (χ1v) is 6.69. The van der Waals surface area contributed by atoms with Crippen molar-refractivity contribution in [2.24, 2.45) is 5.73 Å². The molecule has 1 heterocycles. The molecule has 106 valence electrons. The van der Waals surface area contributed by atoms with Gasteiger partial charge in [-0.25, -0.2) is 0 Å². The van der Waals surface area contributed by atoms with E-state index in [0.717, 1.165) is 22.8 Å². The number of primary amides is 1. The maximum absolute atomic E-state index is 11.4. The minimum Gasteiger partial charge on any atom is -0.497 e. The van der Waals surface area contributed by atoms with Gasteiger partial charge in [0.15, 0.2) is 5.82 Å². The first kappa shape index (κ1) is 14.1. The number of ether oxygens (including phenoxy) is 1. The van der Waals surface area contributed by atoms with Gasteiger partial charge in [-0.05, 0) is 29.2 Å². The van der Waals surface area contributed by atoms with Crippen LogP contribution >= 0.6 is 11.5 Å². The van der Waals surface area contributed by atoms with Crippen molar-refractivity contribution in [3.8, 4) is 5.75 Å². The number of benzene rings is 1. The monoisotopic (exact) mass is 292 g/mol. The van der Waals surface area contributed by atoms with Crippen LogP contribution in [0.5, 0.6) is 5.75 Å². The van der Waals surface area contributed by atoms with E-state index in [2.05, 4.69) is 4.37 Å². The van der Waals surface area contributed by atoms with Gasteiger partial charge in [-0.2, -0.15) is 4.37 Å². The Bertz CT molecular complexity index is 609. The van der Waals surface area contributed by atoms with E-state index in [4.69, 9.17) is 16.2 Å². The van der Waals surface area contributed by atoms with Crippen molar-refractivity contribution in [3.05, 3.63) is 35.4 Å². The maximum atomic E-state index is 11.4. The third kappa shape index (κ3) is 2.83. The number of carbonyl (C=O) groups excluding carboxylic acids is 1. The second kappa shape index (κ2) is 5.79. The van der Waals surface area contributed by atoms with E-state index in [-0.39, 0.29) is 11.4 Å². The number of nitrogens with zero attached hydrogens (tertiary/aromatic N) is 2. The molecule has 0 aliphatic rings. The van der Waals surface area contributed by atoms with Gasteiger partial charge in [0.1, 0.15) is 16.3 Å². The summed E-state index contributed by atoms with van der Waals surface area (Å²) in [5.41, 5.74) is 12.4. The summed E-state index contributed by atoms with van der Waals surface area (Å²) in [6, 6.07) is 7.70. The Morgan fingerprint density at radius 1 is 1.40 bits per heavy atom. The van der Waals surface area contributed by atoms with Gasteiger partial charge in [-0.1, -0.05) is 12.1 Å². The molecule has 0 unspecified atom stereocenters. The molecule has 0 radical (unpaired) electrons. The molecular formula is C13H16N4O2S. The first-order valence-electron chi connectivity index (χ1n) is 5.92. The Kier molecular flexibility index (Phi) is 4.09. The van der Waals surface area contributed by atoms with Crippen molar-refractivity contribution in [2.75, 3.05) is 24.8 Å². The van der Waals surface area contributed by atoms with Crippen LogP contribution in [0.1, 0.15) is 15.9 Å². The van der Waals surface area contributed by atoms with Gasteiger partial charge in [-0.15, -0.1) is 0 Å². The second-order valence-electron chi connectivity index (χ2n) is 4.32. The normalized spacial score (nSPS) is 10.3. The molecule has 4 N–H and O–H groups in total. The molecule has 1 aromatic carbocycles. The number of hydrogen-bond acceptors (Lipinski definition) is 6. The zero-order chi connectivity index (χ0) is 14.7. The highest BCUT2D eigenvalue weighted by atomic mass is 32.1. The van der Waals surface area contributed by atoms with Crippen molar-refractivity contribution >= 4 is 28.3 Å². The number of rotatable bonds is 5. The molecule has 20 heavy (non-hydrogen) atoms. The zero-order valence-electron chi connectivity index (χ0n) is 11.3. The number of nitrogens with two attached hydrogens (primary N) is 2. The van der Waals surface area contributed by atoms with Crippen LogP contribution in [-0.2, 0) is 6.54 Å². The summed E-state index contributed by atoms with van der Waals surface area (Å²) in [4.78, 5) is 13.3. The van der Waals surface area contributed by atoms with Crippen molar-refractivity contribution in [3.63, 3.8) is 0 Å².